The summed E-state index contributed by atoms with van der Waals surface area (Å²) in [6.07, 6.45) is 15.3. The second-order valence-corrected chi connectivity index (χ2v) is 8.68. The van der Waals surface area contributed by atoms with Gasteiger partial charge in [-0.05, 0) is 86.4 Å². The minimum atomic E-state index is 0.547. The molecule has 5 atom stereocenters. The fraction of sp³-hybridized carbons (Fsp3) is 0.800. The lowest BCUT2D eigenvalue weighted by Gasteiger charge is -2.57. The smallest absolute Gasteiger partial charge is 0.00852 e. The van der Waals surface area contributed by atoms with Crippen LogP contribution in [0.3, 0.4) is 0 Å². The Hall–Kier alpha value is -0.520. The molecular weight excluding hydrogens is 240 g/mol. The van der Waals surface area contributed by atoms with Gasteiger partial charge in [-0.3, -0.25) is 0 Å². The molecule has 0 saturated heterocycles. The zero-order valence-corrected chi connectivity index (χ0v) is 13.4. The average molecular weight is 270 g/mol. The first-order chi connectivity index (χ1) is 9.55. The highest BCUT2D eigenvalue weighted by atomic mass is 14.6. The molecule has 0 N–H and O–H groups in total. The molecule has 0 amide bonds. The van der Waals surface area contributed by atoms with Crippen molar-refractivity contribution >= 4 is 0 Å². The maximum absolute atomic E-state index is 4.49. The first-order valence-electron chi connectivity index (χ1n) is 8.92. The Bertz CT molecular complexity index is 470. The van der Waals surface area contributed by atoms with Gasteiger partial charge in [0, 0.05) is 0 Å². The summed E-state index contributed by atoms with van der Waals surface area (Å²) in [5.74, 6) is 2.75. The Kier molecular flexibility index (Phi) is 2.79. The summed E-state index contributed by atoms with van der Waals surface area (Å²) in [6, 6.07) is 0. The van der Waals surface area contributed by atoms with Crippen LogP contribution in [-0.4, -0.2) is 0 Å². The molecule has 4 aliphatic carbocycles. The van der Waals surface area contributed by atoms with E-state index in [2.05, 4.69) is 26.5 Å². The van der Waals surface area contributed by atoms with Crippen molar-refractivity contribution in [2.45, 2.75) is 71.6 Å². The predicted octanol–water partition coefficient (Wildman–Crippen LogP) is 5.90. The van der Waals surface area contributed by atoms with Gasteiger partial charge in [-0.1, -0.05) is 37.6 Å². The predicted molar refractivity (Wildman–Crippen MR) is 85.5 cm³/mol. The monoisotopic (exact) mass is 270 g/mol. The van der Waals surface area contributed by atoms with E-state index in [0.717, 1.165) is 17.8 Å². The molecular formula is C20H30. The van der Waals surface area contributed by atoms with Gasteiger partial charge in [-0.2, -0.15) is 0 Å². The van der Waals surface area contributed by atoms with E-state index in [-0.39, 0.29) is 0 Å². The lowest BCUT2D eigenvalue weighted by atomic mass is 9.47. The lowest BCUT2D eigenvalue weighted by molar-refractivity contribution is -0.0245. The molecule has 4 rings (SSSR count). The Morgan fingerprint density at radius 1 is 1.10 bits per heavy atom. The van der Waals surface area contributed by atoms with Crippen LogP contribution in [0.25, 0.3) is 0 Å². The molecule has 0 aromatic rings. The molecule has 0 aromatic carbocycles. The number of allylic oxidation sites excluding steroid dienone is 3. The van der Waals surface area contributed by atoms with E-state index >= 15 is 0 Å². The molecule has 0 bridgehead atoms. The summed E-state index contributed by atoms with van der Waals surface area (Å²) in [5, 5.41) is 0. The molecule has 4 aliphatic rings. The van der Waals surface area contributed by atoms with E-state index in [4.69, 9.17) is 0 Å². The Morgan fingerprint density at radius 3 is 2.80 bits per heavy atom. The molecule has 3 saturated carbocycles. The van der Waals surface area contributed by atoms with Crippen molar-refractivity contribution in [3.05, 3.63) is 23.8 Å². The summed E-state index contributed by atoms with van der Waals surface area (Å²) in [6.45, 7) is 9.66. The van der Waals surface area contributed by atoms with Gasteiger partial charge < -0.3 is 0 Å². The molecule has 0 nitrogen and oxygen atoms in total. The molecule has 0 unspecified atom stereocenters. The van der Waals surface area contributed by atoms with Gasteiger partial charge >= 0.3 is 0 Å². The van der Waals surface area contributed by atoms with Crippen molar-refractivity contribution in [2.24, 2.45) is 28.6 Å². The second kappa shape index (κ2) is 4.24. The molecule has 0 heterocycles. The zero-order valence-electron chi connectivity index (χ0n) is 13.4. The van der Waals surface area contributed by atoms with Crippen molar-refractivity contribution in [3.8, 4) is 0 Å². The van der Waals surface area contributed by atoms with Crippen molar-refractivity contribution in [3.63, 3.8) is 0 Å². The van der Waals surface area contributed by atoms with E-state index < -0.39 is 0 Å². The van der Waals surface area contributed by atoms with Gasteiger partial charge in [0.05, 0.1) is 0 Å². The molecule has 0 radical (unpaired) electrons. The summed E-state index contributed by atoms with van der Waals surface area (Å²) in [5.41, 5.74) is 4.59. The molecule has 3 fully saturated rings. The standard InChI is InChI=1S/C20H30/c1-14-9-12-19(2)13-10-17-16(18(14)19)8-7-15-6-4-5-11-20(15,17)3/h6,16-18H,1,4-5,7-13H2,2-3H3/t16-,17+,18+,19+,20+/m1/s1. The SMILES string of the molecule is C=C1CC[C@@]2(C)CC[C@H]3[C@@H](CCC4=CCCC[C@@]43C)[C@H]12. The third-order valence-electron chi connectivity index (χ3n) is 7.77. The molecule has 0 aliphatic heterocycles. The van der Waals surface area contributed by atoms with Crippen LogP contribution >= 0.6 is 0 Å². The summed E-state index contributed by atoms with van der Waals surface area (Å²) < 4.78 is 0. The molecule has 0 aromatic heterocycles. The highest BCUT2D eigenvalue weighted by Gasteiger charge is 2.56. The van der Waals surface area contributed by atoms with Crippen LogP contribution in [0.2, 0.25) is 0 Å². The van der Waals surface area contributed by atoms with Gasteiger partial charge in [-0.25, -0.2) is 0 Å². The van der Waals surface area contributed by atoms with Crippen molar-refractivity contribution in [1.29, 1.82) is 0 Å². The summed E-state index contributed by atoms with van der Waals surface area (Å²) >= 11 is 0. The van der Waals surface area contributed by atoms with Gasteiger partial charge in [0.25, 0.3) is 0 Å². The van der Waals surface area contributed by atoms with Gasteiger partial charge in [0.1, 0.15) is 0 Å². The second-order valence-electron chi connectivity index (χ2n) is 8.68. The first-order valence-corrected chi connectivity index (χ1v) is 8.92. The number of rotatable bonds is 0. The van der Waals surface area contributed by atoms with Gasteiger partial charge in [0.15, 0.2) is 0 Å². The van der Waals surface area contributed by atoms with E-state index in [1.54, 1.807) is 5.57 Å². The topological polar surface area (TPSA) is 0 Å². The zero-order chi connectivity index (χ0) is 14.0. The van der Waals surface area contributed by atoms with Crippen LogP contribution in [0.4, 0.5) is 0 Å². The summed E-state index contributed by atoms with van der Waals surface area (Å²) in [7, 11) is 0. The van der Waals surface area contributed by atoms with Crippen molar-refractivity contribution in [1.82, 2.24) is 0 Å². The molecule has 110 valence electrons. The van der Waals surface area contributed by atoms with Crippen LogP contribution < -0.4 is 0 Å². The van der Waals surface area contributed by atoms with Gasteiger partial charge in [-0.15, -0.1) is 0 Å². The van der Waals surface area contributed by atoms with Crippen LogP contribution in [-0.2, 0) is 0 Å². The third kappa shape index (κ3) is 1.60. The Labute approximate surface area is 124 Å². The quantitative estimate of drug-likeness (QED) is 0.481. The Morgan fingerprint density at radius 2 is 1.95 bits per heavy atom. The van der Waals surface area contributed by atoms with Crippen LogP contribution in [0.15, 0.2) is 23.8 Å². The average Bonchev–Trinajstić information content (AvgIpc) is 2.74. The van der Waals surface area contributed by atoms with Crippen molar-refractivity contribution in [2.75, 3.05) is 0 Å². The highest BCUT2D eigenvalue weighted by Crippen LogP contribution is 2.66. The van der Waals surface area contributed by atoms with Crippen LogP contribution in [0.1, 0.15) is 71.6 Å². The van der Waals surface area contributed by atoms with E-state index in [9.17, 15) is 0 Å². The minimum Gasteiger partial charge on any atom is -0.0995 e. The maximum Gasteiger partial charge on any atom is -0.00852 e. The number of hydrogen-bond donors (Lipinski definition) is 0. The normalized spacial score (nSPS) is 51.0. The fourth-order valence-corrected chi connectivity index (χ4v) is 6.71. The molecule has 0 heteroatoms. The number of fused-ring (bicyclic) bond motifs is 5. The maximum atomic E-state index is 4.49. The highest BCUT2D eigenvalue weighted by molar-refractivity contribution is 5.27. The largest absolute Gasteiger partial charge is 0.0995 e. The van der Waals surface area contributed by atoms with Crippen molar-refractivity contribution < 1.29 is 0 Å². The van der Waals surface area contributed by atoms with E-state index in [1.165, 1.54) is 57.8 Å². The first kappa shape index (κ1) is 13.2. The summed E-state index contributed by atoms with van der Waals surface area (Å²) in [4.78, 5) is 0. The van der Waals surface area contributed by atoms with E-state index in [1.807, 2.05) is 5.57 Å². The van der Waals surface area contributed by atoms with Crippen LogP contribution in [0.5, 0.6) is 0 Å². The Balaban J connectivity index is 1.72. The number of hydrogen-bond acceptors (Lipinski definition) is 0. The van der Waals surface area contributed by atoms with E-state index in [0.29, 0.717) is 10.8 Å². The van der Waals surface area contributed by atoms with Gasteiger partial charge in [0.2, 0.25) is 0 Å². The lowest BCUT2D eigenvalue weighted by Crippen LogP contribution is -2.49. The minimum absolute atomic E-state index is 0.547. The fourth-order valence-electron chi connectivity index (χ4n) is 6.71. The van der Waals surface area contributed by atoms with Crippen LogP contribution in [0, 0.1) is 28.6 Å². The molecule has 0 spiro atoms. The third-order valence-corrected chi connectivity index (χ3v) is 7.77. The molecule has 20 heavy (non-hydrogen) atoms.